The maximum atomic E-state index is 10.6. The highest BCUT2D eigenvalue weighted by Gasteiger charge is 2.12. The summed E-state index contributed by atoms with van der Waals surface area (Å²) < 4.78 is 5.35. The molecule has 0 aliphatic carbocycles. The number of carbonyl (C=O) groups is 1. The van der Waals surface area contributed by atoms with E-state index in [4.69, 9.17) is 4.74 Å². The fourth-order valence-electron chi connectivity index (χ4n) is 1.97. The van der Waals surface area contributed by atoms with Crippen LogP contribution in [-0.2, 0) is 9.53 Å². The Morgan fingerprint density at radius 3 is 2.69 bits per heavy atom. The van der Waals surface area contributed by atoms with Crippen molar-refractivity contribution in [3.05, 3.63) is 48.0 Å². The molecule has 0 N–H and O–H groups in total. The predicted octanol–water partition coefficient (Wildman–Crippen LogP) is 3.12. The van der Waals surface area contributed by atoms with Gasteiger partial charge in [-0.1, -0.05) is 42.5 Å². The number of hydrogen-bond acceptors (Lipinski definition) is 2. The van der Waals surface area contributed by atoms with Gasteiger partial charge in [-0.15, -0.1) is 0 Å². The molecule has 1 atom stereocenters. The quantitative estimate of drug-likeness (QED) is 0.731. The van der Waals surface area contributed by atoms with E-state index in [1.165, 1.54) is 5.39 Å². The molecule has 82 valence electrons. The van der Waals surface area contributed by atoms with E-state index in [-0.39, 0.29) is 6.10 Å². The van der Waals surface area contributed by atoms with E-state index in [9.17, 15) is 4.79 Å². The maximum Gasteiger partial charge on any atom is 0.122 e. The summed E-state index contributed by atoms with van der Waals surface area (Å²) in [6.45, 7) is 0. The van der Waals surface area contributed by atoms with Crippen molar-refractivity contribution in [2.75, 3.05) is 7.11 Å². The molecule has 2 rings (SSSR count). The lowest BCUT2D eigenvalue weighted by Gasteiger charge is -2.15. The molecule has 0 saturated heterocycles. The molecule has 0 aliphatic heterocycles. The van der Waals surface area contributed by atoms with Gasteiger partial charge < -0.3 is 9.53 Å². The molecule has 2 heteroatoms. The Labute approximate surface area is 94.8 Å². The van der Waals surface area contributed by atoms with E-state index >= 15 is 0 Å². The fourth-order valence-corrected chi connectivity index (χ4v) is 1.97. The minimum atomic E-state index is -0.149. The van der Waals surface area contributed by atoms with Gasteiger partial charge in [0, 0.05) is 13.5 Å². The van der Waals surface area contributed by atoms with Crippen LogP contribution in [-0.4, -0.2) is 13.4 Å². The third-order valence-electron chi connectivity index (χ3n) is 2.77. The third kappa shape index (κ3) is 1.97. The van der Waals surface area contributed by atoms with Gasteiger partial charge in [0.1, 0.15) is 6.29 Å². The van der Waals surface area contributed by atoms with Gasteiger partial charge in [0.2, 0.25) is 0 Å². The largest absolute Gasteiger partial charge is 0.376 e. The Morgan fingerprint density at radius 2 is 1.94 bits per heavy atom. The summed E-state index contributed by atoms with van der Waals surface area (Å²) in [5.74, 6) is 0. The Morgan fingerprint density at radius 1 is 1.19 bits per heavy atom. The second kappa shape index (κ2) is 4.90. The lowest BCUT2D eigenvalue weighted by atomic mass is 9.99. The molecule has 0 amide bonds. The summed E-state index contributed by atoms with van der Waals surface area (Å²) in [6, 6.07) is 14.2. The first-order valence-electron chi connectivity index (χ1n) is 5.31. The number of benzene rings is 2. The van der Waals surface area contributed by atoms with E-state index in [1.807, 2.05) is 24.3 Å². The van der Waals surface area contributed by atoms with Crippen molar-refractivity contribution in [2.24, 2.45) is 0 Å². The van der Waals surface area contributed by atoms with Crippen LogP contribution in [0, 0.1) is 0 Å². The minimum absolute atomic E-state index is 0.149. The molecule has 0 fully saturated rings. The lowest BCUT2D eigenvalue weighted by Crippen LogP contribution is -2.02. The van der Waals surface area contributed by atoms with Crippen LogP contribution in [0.4, 0.5) is 0 Å². The van der Waals surface area contributed by atoms with Crippen molar-refractivity contribution in [3.8, 4) is 0 Å². The van der Waals surface area contributed by atoms with Gasteiger partial charge in [0.05, 0.1) is 6.10 Å². The van der Waals surface area contributed by atoms with Crippen LogP contribution in [0.25, 0.3) is 10.8 Å². The van der Waals surface area contributed by atoms with Crippen molar-refractivity contribution < 1.29 is 9.53 Å². The summed E-state index contributed by atoms with van der Waals surface area (Å²) in [6.07, 6.45) is 1.14. The number of rotatable bonds is 4. The Balaban J connectivity index is 2.54. The fraction of sp³-hybridized carbons (Fsp3) is 0.214. The molecule has 0 saturated carbocycles. The molecule has 0 spiro atoms. The Hall–Kier alpha value is -1.67. The van der Waals surface area contributed by atoms with E-state index in [0.29, 0.717) is 6.42 Å². The van der Waals surface area contributed by atoms with Crippen molar-refractivity contribution in [1.29, 1.82) is 0 Å². The Kier molecular flexibility index (Phi) is 3.32. The van der Waals surface area contributed by atoms with Crippen LogP contribution in [0.3, 0.4) is 0 Å². The lowest BCUT2D eigenvalue weighted by molar-refractivity contribution is -0.110. The highest BCUT2D eigenvalue weighted by atomic mass is 16.5. The molecular weight excluding hydrogens is 200 g/mol. The number of hydrogen-bond donors (Lipinski definition) is 0. The smallest absolute Gasteiger partial charge is 0.122 e. The topological polar surface area (TPSA) is 26.3 Å². The van der Waals surface area contributed by atoms with Crippen LogP contribution in [0.1, 0.15) is 18.1 Å². The van der Waals surface area contributed by atoms with Crippen LogP contribution in [0.2, 0.25) is 0 Å². The summed E-state index contributed by atoms with van der Waals surface area (Å²) in [4.78, 5) is 10.6. The molecule has 1 unspecified atom stereocenters. The second-order valence-corrected chi connectivity index (χ2v) is 3.70. The predicted molar refractivity (Wildman–Crippen MR) is 64.4 cm³/mol. The molecule has 2 aromatic rings. The van der Waals surface area contributed by atoms with Crippen molar-refractivity contribution in [3.63, 3.8) is 0 Å². The standard InChI is InChI=1S/C14H14O2/c1-16-14(9-10-15)13-8-4-6-11-5-2-3-7-12(11)13/h2-8,10,14H,9H2,1H3. The molecule has 16 heavy (non-hydrogen) atoms. The Bertz CT molecular complexity index is 486. The average Bonchev–Trinajstić information content (AvgIpc) is 2.35. The van der Waals surface area contributed by atoms with Crippen molar-refractivity contribution >= 4 is 17.1 Å². The number of ether oxygens (including phenoxy) is 1. The molecule has 0 radical (unpaired) electrons. The highest BCUT2D eigenvalue weighted by molar-refractivity contribution is 5.86. The summed E-state index contributed by atoms with van der Waals surface area (Å²) >= 11 is 0. The SMILES string of the molecule is COC(CC=O)c1cccc2ccccc12. The second-order valence-electron chi connectivity index (χ2n) is 3.70. The number of carbonyl (C=O) groups excluding carboxylic acids is 1. The van der Waals surface area contributed by atoms with Crippen molar-refractivity contribution in [2.45, 2.75) is 12.5 Å². The third-order valence-corrected chi connectivity index (χ3v) is 2.77. The zero-order valence-corrected chi connectivity index (χ0v) is 9.22. The highest BCUT2D eigenvalue weighted by Crippen LogP contribution is 2.27. The first kappa shape index (κ1) is 10.8. The molecule has 2 aromatic carbocycles. The number of methoxy groups -OCH3 is 1. The summed E-state index contributed by atoms with van der Waals surface area (Å²) in [5, 5.41) is 2.33. The van der Waals surface area contributed by atoms with Crippen molar-refractivity contribution in [1.82, 2.24) is 0 Å². The zero-order valence-electron chi connectivity index (χ0n) is 9.22. The normalized spacial score (nSPS) is 12.6. The van der Waals surface area contributed by atoms with Gasteiger partial charge in [-0.3, -0.25) is 0 Å². The maximum absolute atomic E-state index is 10.6. The van der Waals surface area contributed by atoms with Gasteiger partial charge in [-0.2, -0.15) is 0 Å². The van der Waals surface area contributed by atoms with Gasteiger partial charge in [-0.05, 0) is 16.3 Å². The summed E-state index contributed by atoms with van der Waals surface area (Å²) in [7, 11) is 1.63. The van der Waals surface area contributed by atoms with Crippen LogP contribution < -0.4 is 0 Å². The average molecular weight is 214 g/mol. The van der Waals surface area contributed by atoms with E-state index in [1.54, 1.807) is 7.11 Å². The van der Waals surface area contributed by atoms with Crippen LogP contribution in [0.15, 0.2) is 42.5 Å². The van der Waals surface area contributed by atoms with E-state index in [0.717, 1.165) is 17.2 Å². The van der Waals surface area contributed by atoms with E-state index in [2.05, 4.69) is 18.2 Å². The monoisotopic (exact) mass is 214 g/mol. The molecular formula is C14H14O2. The van der Waals surface area contributed by atoms with Gasteiger partial charge in [0.25, 0.3) is 0 Å². The molecule has 0 aromatic heterocycles. The number of aldehydes is 1. The molecule has 2 nitrogen and oxygen atoms in total. The zero-order chi connectivity index (χ0) is 11.4. The van der Waals surface area contributed by atoms with Gasteiger partial charge in [-0.25, -0.2) is 0 Å². The molecule has 0 bridgehead atoms. The van der Waals surface area contributed by atoms with E-state index < -0.39 is 0 Å². The van der Waals surface area contributed by atoms with Gasteiger partial charge in [0.15, 0.2) is 0 Å². The van der Waals surface area contributed by atoms with Crippen LogP contribution in [0.5, 0.6) is 0 Å². The van der Waals surface area contributed by atoms with Gasteiger partial charge >= 0.3 is 0 Å². The first-order valence-corrected chi connectivity index (χ1v) is 5.31. The van der Waals surface area contributed by atoms with Crippen LogP contribution >= 0.6 is 0 Å². The molecule has 0 heterocycles. The summed E-state index contributed by atoms with van der Waals surface area (Å²) in [5.41, 5.74) is 1.08. The minimum Gasteiger partial charge on any atom is -0.376 e. The first-order chi connectivity index (χ1) is 7.86. The number of fused-ring (bicyclic) bond motifs is 1. The molecule has 0 aliphatic rings.